The fraction of sp³-hybridized carbons (Fsp3) is 0.471. The van der Waals surface area contributed by atoms with Crippen molar-refractivity contribution in [2.45, 2.75) is 45.0 Å². The lowest BCUT2D eigenvalue weighted by Crippen LogP contribution is -2.42. The van der Waals surface area contributed by atoms with Gasteiger partial charge in [0.05, 0.1) is 22.2 Å². The second-order valence-electron chi connectivity index (χ2n) is 7.22. The second kappa shape index (κ2) is 6.59. The van der Waals surface area contributed by atoms with E-state index in [1.807, 2.05) is 0 Å². The summed E-state index contributed by atoms with van der Waals surface area (Å²) < 4.78 is 11.5. The summed E-state index contributed by atoms with van der Waals surface area (Å²) in [5.74, 6) is -0.354. The van der Waals surface area contributed by atoms with Crippen molar-refractivity contribution in [3.63, 3.8) is 0 Å². The molecule has 1 heterocycles. The van der Waals surface area contributed by atoms with Gasteiger partial charge in [-0.2, -0.15) is 0 Å². The molecular formula is C17H22Cl2O3Si. The number of ether oxygens (including phenoxy) is 1. The lowest BCUT2D eigenvalue weighted by molar-refractivity contribution is -0.138. The van der Waals surface area contributed by atoms with Crippen molar-refractivity contribution in [1.29, 1.82) is 0 Å². The molecule has 0 bridgehead atoms. The zero-order valence-electron chi connectivity index (χ0n) is 14.1. The van der Waals surface area contributed by atoms with E-state index >= 15 is 0 Å². The molecule has 0 saturated heterocycles. The first-order valence-corrected chi connectivity index (χ1v) is 11.2. The molecule has 23 heavy (non-hydrogen) atoms. The quantitative estimate of drug-likeness (QED) is 0.529. The highest BCUT2D eigenvalue weighted by atomic mass is 35.5. The first kappa shape index (κ1) is 18.5. The van der Waals surface area contributed by atoms with Gasteiger partial charge in [0.1, 0.15) is 6.10 Å². The first-order valence-electron chi connectivity index (χ1n) is 7.53. The van der Waals surface area contributed by atoms with E-state index in [0.29, 0.717) is 27.8 Å². The molecule has 0 saturated carbocycles. The van der Waals surface area contributed by atoms with E-state index in [9.17, 15) is 4.79 Å². The van der Waals surface area contributed by atoms with Crippen molar-refractivity contribution in [1.82, 2.24) is 0 Å². The van der Waals surface area contributed by atoms with Gasteiger partial charge in [-0.05, 0) is 41.9 Å². The Bertz CT molecular complexity index is 648. The van der Waals surface area contributed by atoms with Gasteiger partial charge >= 0.3 is 5.97 Å². The van der Waals surface area contributed by atoms with Gasteiger partial charge in [-0.15, -0.1) is 0 Å². The van der Waals surface area contributed by atoms with Crippen molar-refractivity contribution in [2.24, 2.45) is 0 Å². The number of hydrogen-bond acceptors (Lipinski definition) is 3. The fourth-order valence-corrected chi connectivity index (χ4v) is 3.27. The van der Waals surface area contributed by atoms with Gasteiger partial charge in [0.25, 0.3) is 0 Å². The number of hydrogen-bond donors (Lipinski definition) is 0. The van der Waals surface area contributed by atoms with Crippen LogP contribution in [0.5, 0.6) is 0 Å². The smallest absolute Gasteiger partial charge is 0.339 e. The van der Waals surface area contributed by atoms with Crippen molar-refractivity contribution < 1.29 is 14.0 Å². The number of carbonyl (C=O) groups is 1. The molecule has 1 atom stereocenters. The topological polar surface area (TPSA) is 35.5 Å². The van der Waals surface area contributed by atoms with Crippen LogP contribution in [0.1, 0.15) is 26.3 Å². The van der Waals surface area contributed by atoms with E-state index in [2.05, 4.69) is 33.9 Å². The summed E-state index contributed by atoms with van der Waals surface area (Å²) in [7, 11) is -1.87. The minimum Gasteiger partial charge on any atom is -0.452 e. The Hall–Kier alpha value is -0.813. The molecule has 0 amide bonds. The Kier molecular flexibility index (Phi) is 5.31. The van der Waals surface area contributed by atoms with E-state index in [4.69, 9.17) is 32.4 Å². The highest BCUT2D eigenvalue weighted by Gasteiger charge is 2.38. The van der Waals surface area contributed by atoms with Crippen LogP contribution < -0.4 is 0 Å². The molecule has 1 aliphatic heterocycles. The number of cyclic esters (lactones) is 1. The van der Waals surface area contributed by atoms with Crippen LogP contribution in [0.15, 0.2) is 24.3 Å². The average molecular weight is 373 g/mol. The molecule has 0 aromatic heterocycles. The van der Waals surface area contributed by atoms with Gasteiger partial charge in [0, 0.05) is 0 Å². The highest BCUT2D eigenvalue weighted by Crippen LogP contribution is 2.37. The number of esters is 1. The van der Waals surface area contributed by atoms with Crippen molar-refractivity contribution >= 4 is 43.1 Å². The molecule has 0 N–H and O–H groups in total. The van der Waals surface area contributed by atoms with Gasteiger partial charge in [0.2, 0.25) is 0 Å². The van der Waals surface area contributed by atoms with Crippen molar-refractivity contribution in [3.05, 3.63) is 39.9 Å². The van der Waals surface area contributed by atoms with Gasteiger partial charge in [-0.1, -0.05) is 50.0 Å². The fourth-order valence-electron chi connectivity index (χ4n) is 1.96. The zero-order valence-corrected chi connectivity index (χ0v) is 16.6. The van der Waals surface area contributed by atoms with Gasteiger partial charge in [-0.3, -0.25) is 0 Å². The number of rotatable bonds is 4. The third-order valence-electron chi connectivity index (χ3n) is 4.48. The molecule has 1 unspecified atom stereocenters. The van der Waals surface area contributed by atoms with Crippen LogP contribution in [0, 0.1) is 0 Å². The van der Waals surface area contributed by atoms with E-state index in [1.165, 1.54) is 0 Å². The summed E-state index contributed by atoms with van der Waals surface area (Å²) in [6, 6.07) is 5.11. The Balaban J connectivity index is 2.11. The molecule has 0 fully saturated rings. The SMILES string of the molecule is CC(C)(C)[Si](C)(C)OCC1C=C(c2ccc(Cl)c(Cl)c2)C(=O)O1. The molecule has 1 aromatic carbocycles. The normalized spacial score (nSPS) is 18.8. The van der Waals surface area contributed by atoms with E-state index in [0.717, 1.165) is 0 Å². The highest BCUT2D eigenvalue weighted by molar-refractivity contribution is 6.74. The summed E-state index contributed by atoms with van der Waals surface area (Å²) in [4.78, 5) is 12.1. The van der Waals surface area contributed by atoms with Crippen molar-refractivity contribution in [2.75, 3.05) is 6.61 Å². The van der Waals surface area contributed by atoms with Crippen LogP contribution in [0.2, 0.25) is 28.2 Å². The standard InChI is InChI=1S/C17H22Cl2O3Si/c1-17(2,3)23(4,5)21-10-12-9-13(16(20)22-12)11-6-7-14(18)15(19)8-11/h6-9,12H,10H2,1-5H3. The van der Waals surface area contributed by atoms with Gasteiger partial charge < -0.3 is 9.16 Å². The van der Waals surface area contributed by atoms with Crippen LogP contribution >= 0.6 is 23.2 Å². The number of carbonyl (C=O) groups excluding carboxylic acids is 1. The molecular weight excluding hydrogens is 351 g/mol. The summed E-state index contributed by atoms with van der Waals surface area (Å²) in [5.41, 5.74) is 1.21. The summed E-state index contributed by atoms with van der Waals surface area (Å²) in [6.45, 7) is 11.3. The molecule has 2 rings (SSSR count). The summed E-state index contributed by atoms with van der Waals surface area (Å²) in [6.07, 6.45) is 1.44. The van der Waals surface area contributed by atoms with E-state index < -0.39 is 8.32 Å². The summed E-state index contributed by atoms with van der Waals surface area (Å²) >= 11 is 11.9. The monoisotopic (exact) mass is 372 g/mol. The first-order chi connectivity index (χ1) is 10.5. The minimum absolute atomic E-state index is 0.117. The average Bonchev–Trinajstić information content (AvgIpc) is 2.80. The van der Waals surface area contributed by atoms with E-state index in [1.54, 1.807) is 24.3 Å². The maximum atomic E-state index is 12.1. The predicted molar refractivity (Wildman–Crippen MR) is 97.5 cm³/mol. The van der Waals surface area contributed by atoms with Crippen LogP contribution in [0.25, 0.3) is 5.57 Å². The van der Waals surface area contributed by atoms with Crippen LogP contribution in [0.4, 0.5) is 0 Å². The lowest BCUT2D eigenvalue weighted by atomic mass is 10.1. The maximum Gasteiger partial charge on any atom is 0.339 e. The third kappa shape index (κ3) is 4.18. The van der Waals surface area contributed by atoms with E-state index in [-0.39, 0.29) is 17.1 Å². The molecule has 1 aliphatic rings. The maximum absolute atomic E-state index is 12.1. The second-order valence-corrected chi connectivity index (χ2v) is 12.8. The molecule has 0 spiro atoms. The van der Waals surface area contributed by atoms with Gasteiger partial charge in [-0.25, -0.2) is 4.79 Å². The number of halogens is 2. The molecule has 6 heteroatoms. The Morgan fingerprint density at radius 3 is 2.43 bits per heavy atom. The Morgan fingerprint density at radius 2 is 1.87 bits per heavy atom. The molecule has 0 aliphatic carbocycles. The lowest BCUT2D eigenvalue weighted by Gasteiger charge is -2.36. The van der Waals surface area contributed by atoms with Crippen LogP contribution in [0.3, 0.4) is 0 Å². The Morgan fingerprint density at radius 1 is 1.22 bits per heavy atom. The van der Waals surface area contributed by atoms with Crippen molar-refractivity contribution in [3.8, 4) is 0 Å². The summed E-state index contributed by atoms with van der Waals surface area (Å²) in [5, 5.41) is 0.991. The molecule has 126 valence electrons. The predicted octanol–water partition coefficient (Wildman–Crippen LogP) is 5.32. The van der Waals surface area contributed by atoms with Gasteiger partial charge in [0.15, 0.2) is 8.32 Å². The third-order valence-corrected chi connectivity index (χ3v) is 9.72. The number of benzene rings is 1. The molecule has 3 nitrogen and oxygen atoms in total. The molecule has 1 aromatic rings. The zero-order chi connectivity index (χ0) is 17.4. The van der Waals surface area contributed by atoms with Crippen LogP contribution in [-0.4, -0.2) is 27.0 Å². The van der Waals surface area contributed by atoms with Crippen LogP contribution in [-0.2, 0) is 14.0 Å². The molecule has 0 radical (unpaired) electrons. The minimum atomic E-state index is -1.87. The Labute approximate surface area is 148 Å². The largest absolute Gasteiger partial charge is 0.452 e.